The fourth-order valence-corrected chi connectivity index (χ4v) is 3.81. The minimum absolute atomic E-state index is 0.00522. The number of aromatic nitrogens is 2. The fraction of sp³-hybridized carbons (Fsp3) is 0.333. The molecule has 1 N–H and O–H groups in total. The lowest BCUT2D eigenvalue weighted by Gasteiger charge is -2.03. The molecule has 0 spiro atoms. The highest BCUT2D eigenvalue weighted by atomic mass is 35.5. The van der Waals surface area contributed by atoms with Gasteiger partial charge in [-0.2, -0.15) is 5.10 Å². The van der Waals surface area contributed by atoms with Gasteiger partial charge in [0.2, 0.25) is 0 Å². The van der Waals surface area contributed by atoms with Crippen molar-refractivity contribution in [2.24, 2.45) is 0 Å². The zero-order valence-corrected chi connectivity index (χ0v) is 15.4. The summed E-state index contributed by atoms with van der Waals surface area (Å²) in [5, 5.41) is 9.30. The Balaban J connectivity index is 1.87. The Morgan fingerprint density at radius 3 is 2.75 bits per heavy atom. The van der Waals surface area contributed by atoms with Crippen LogP contribution in [0.5, 0.6) is 0 Å². The van der Waals surface area contributed by atoms with Crippen molar-refractivity contribution in [1.29, 1.82) is 0 Å². The molecule has 4 nitrogen and oxygen atoms in total. The Kier molecular flexibility index (Phi) is 5.21. The van der Waals surface area contributed by atoms with E-state index in [2.05, 4.69) is 17.3 Å². The average molecular weight is 362 g/mol. The number of rotatable bonds is 6. The monoisotopic (exact) mass is 361 g/mol. The summed E-state index contributed by atoms with van der Waals surface area (Å²) in [6.07, 6.45) is 3.30. The van der Waals surface area contributed by atoms with E-state index in [1.54, 1.807) is 0 Å². The molecule has 0 fully saturated rings. The van der Waals surface area contributed by atoms with Gasteiger partial charge in [-0.1, -0.05) is 31.4 Å². The molecule has 0 saturated heterocycles. The van der Waals surface area contributed by atoms with Crippen molar-refractivity contribution < 1.29 is 4.79 Å². The van der Waals surface area contributed by atoms with E-state index < -0.39 is 0 Å². The van der Waals surface area contributed by atoms with Crippen LogP contribution in [-0.4, -0.2) is 22.2 Å². The Hall–Kier alpha value is -1.85. The average Bonchev–Trinajstić information content (AvgIpc) is 3.13. The highest BCUT2D eigenvalue weighted by Crippen LogP contribution is 2.30. The van der Waals surface area contributed by atoms with Gasteiger partial charge in [0.15, 0.2) is 0 Å². The molecule has 0 unspecified atom stereocenters. The van der Waals surface area contributed by atoms with Crippen molar-refractivity contribution in [3.8, 4) is 5.69 Å². The van der Waals surface area contributed by atoms with Crippen LogP contribution >= 0.6 is 22.9 Å². The van der Waals surface area contributed by atoms with E-state index in [-0.39, 0.29) is 5.91 Å². The first-order valence-corrected chi connectivity index (χ1v) is 9.33. The van der Waals surface area contributed by atoms with Crippen LogP contribution in [0.15, 0.2) is 30.3 Å². The summed E-state index contributed by atoms with van der Waals surface area (Å²) in [6.45, 7) is 4.84. The second kappa shape index (κ2) is 7.36. The zero-order chi connectivity index (χ0) is 17.1. The topological polar surface area (TPSA) is 46.9 Å². The SMILES string of the molecule is CCCCCNC(=O)c1cc2c(C)nn(-c3ccc(Cl)cc3)c2s1. The summed E-state index contributed by atoms with van der Waals surface area (Å²) < 4.78 is 1.87. The third-order valence-corrected chi connectivity index (χ3v) is 5.27. The number of amides is 1. The maximum Gasteiger partial charge on any atom is 0.261 e. The van der Waals surface area contributed by atoms with Crippen molar-refractivity contribution in [2.75, 3.05) is 6.54 Å². The maximum absolute atomic E-state index is 12.3. The second-order valence-corrected chi connectivity index (χ2v) is 7.23. The summed E-state index contributed by atoms with van der Waals surface area (Å²) >= 11 is 7.43. The predicted octanol–water partition coefficient (Wildman–Crippen LogP) is 4.97. The number of halogens is 1. The molecule has 1 amide bonds. The van der Waals surface area contributed by atoms with E-state index in [0.29, 0.717) is 5.02 Å². The van der Waals surface area contributed by atoms with Crippen LogP contribution in [0.25, 0.3) is 15.9 Å². The number of benzene rings is 1. The molecule has 0 radical (unpaired) electrons. The Bertz CT molecular complexity index is 851. The third-order valence-electron chi connectivity index (χ3n) is 3.91. The van der Waals surface area contributed by atoms with Crippen LogP contribution in [0.2, 0.25) is 5.02 Å². The predicted molar refractivity (Wildman–Crippen MR) is 101 cm³/mol. The molecule has 6 heteroatoms. The Labute approximate surface area is 150 Å². The molecule has 2 aromatic heterocycles. The second-order valence-electron chi connectivity index (χ2n) is 5.77. The van der Waals surface area contributed by atoms with E-state index >= 15 is 0 Å². The normalized spacial score (nSPS) is 11.1. The molecule has 2 heterocycles. The lowest BCUT2D eigenvalue weighted by Crippen LogP contribution is -2.23. The molecule has 0 saturated carbocycles. The maximum atomic E-state index is 12.3. The van der Waals surface area contributed by atoms with Gasteiger partial charge in [-0.3, -0.25) is 4.79 Å². The van der Waals surface area contributed by atoms with E-state index in [4.69, 9.17) is 11.6 Å². The number of carbonyl (C=O) groups excluding carboxylic acids is 1. The number of thiophene rings is 1. The van der Waals surface area contributed by atoms with Crippen LogP contribution < -0.4 is 5.32 Å². The van der Waals surface area contributed by atoms with Gasteiger partial charge >= 0.3 is 0 Å². The molecular formula is C18H20ClN3OS. The number of nitrogens with one attached hydrogen (secondary N) is 1. The lowest BCUT2D eigenvalue weighted by atomic mass is 10.2. The summed E-state index contributed by atoms with van der Waals surface area (Å²) in [4.78, 5) is 14.0. The lowest BCUT2D eigenvalue weighted by molar-refractivity contribution is 0.0957. The van der Waals surface area contributed by atoms with Crippen LogP contribution in [0.1, 0.15) is 41.6 Å². The fourth-order valence-electron chi connectivity index (χ4n) is 2.58. The van der Waals surface area contributed by atoms with Gasteiger partial charge in [0.25, 0.3) is 5.91 Å². The first-order chi connectivity index (χ1) is 11.6. The standard InChI is InChI=1S/C18H20ClN3OS/c1-3-4-5-10-20-17(23)16-11-15-12(2)21-22(18(15)24-16)14-8-6-13(19)7-9-14/h6-9,11H,3-5,10H2,1-2H3,(H,20,23). The molecule has 0 bridgehead atoms. The number of hydrogen-bond acceptors (Lipinski definition) is 3. The molecule has 0 atom stereocenters. The van der Waals surface area contributed by atoms with Crippen LogP contribution in [0, 0.1) is 6.92 Å². The molecule has 3 aromatic rings. The zero-order valence-electron chi connectivity index (χ0n) is 13.8. The van der Waals surface area contributed by atoms with Gasteiger partial charge < -0.3 is 5.32 Å². The van der Waals surface area contributed by atoms with Crippen molar-refractivity contribution in [3.05, 3.63) is 45.9 Å². The first-order valence-electron chi connectivity index (χ1n) is 8.13. The van der Waals surface area contributed by atoms with E-state index in [0.717, 1.165) is 52.3 Å². The Morgan fingerprint density at radius 1 is 1.29 bits per heavy atom. The van der Waals surface area contributed by atoms with E-state index in [1.807, 2.05) is 41.9 Å². The summed E-state index contributed by atoms with van der Waals surface area (Å²) in [5.41, 5.74) is 1.86. The number of aryl methyl sites for hydroxylation is 1. The number of nitrogens with zero attached hydrogens (tertiary/aromatic N) is 2. The first kappa shape index (κ1) is 17.0. The van der Waals surface area contributed by atoms with Gasteiger partial charge in [-0.15, -0.1) is 11.3 Å². The molecule has 3 rings (SSSR count). The van der Waals surface area contributed by atoms with Gasteiger partial charge in [0.05, 0.1) is 16.3 Å². The largest absolute Gasteiger partial charge is 0.351 e. The molecule has 0 aliphatic carbocycles. The summed E-state index contributed by atoms with van der Waals surface area (Å²) in [5.74, 6) is -0.00522. The van der Waals surface area contributed by atoms with Gasteiger partial charge in [0.1, 0.15) is 4.83 Å². The summed E-state index contributed by atoms with van der Waals surface area (Å²) in [7, 11) is 0. The highest BCUT2D eigenvalue weighted by Gasteiger charge is 2.16. The third kappa shape index (κ3) is 3.47. The van der Waals surface area contributed by atoms with E-state index in [1.165, 1.54) is 11.3 Å². The quantitative estimate of drug-likeness (QED) is 0.630. The minimum Gasteiger partial charge on any atom is -0.351 e. The van der Waals surface area contributed by atoms with Crippen molar-refractivity contribution in [1.82, 2.24) is 15.1 Å². The molecule has 1 aromatic carbocycles. The van der Waals surface area contributed by atoms with E-state index in [9.17, 15) is 4.79 Å². The van der Waals surface area contributed by atoms with Crippen LogP contribution in [-0.2, 0) is 0 Å². The highest BCUT2D eigenvalue weighted by molar-refractivity contribution is 7.20. The number of carbonyl (C=O) groups is 1. The number of fused-ring (bicyclic) bond motifs is 1. The molecule has 24 heavy (non-hydrogen) atoms. The van der Waals surface area contributed by atoms with Crippen molar-refractivity contribution in [2.45, 2.75) is 33.1 Å². The Morgan fingerprint density at radius 2 is 2.04 bits per heavy atom. The smallest absolute Gasteiger partial charge is 0.261 e. The molecular weight excluding hydrogens is 342 g/mol. The van der Waals surface area contributed by atoms with Gasteiger partial charge in [0, 0.05) is 17.0 Å². The molecule has 0 aliphatic rings. The van der Waals surface area contributed by atoms with Crippen molar-refractivity contribution in [3.63, 3.8) is 0 Å². The summed E-state index contributed by atoms with van der Waals surface area (Å²) in [6, 6.07) is 9.48. The molecule has 0 aliphatic heterocycles. The van der Waals surface area contributed by atoms with Crippen LogP contribution in [0.4, 0.5) is 0 Å². The van der Waals surface area contributed by atoms with Gasteiger partial charge in [-0.05, 0) is 43.7 Å². The van der Waals surface area contributed by atoms with Crippen molar-refractivity contribution >= 4 is 39.1 Å². The number of hydrogen-bond donors (Lipinski definition) is 1. The molecule has 126 valence electrons. The van der Waals surface area contributed by atoms with Crippen LogP contribution in [0.3, 0.4) is 0 Å². The van der Waals surface area contributed by atoms with Gasteiger partial charge in [-0.25, -0.2) is 4.68 Å². The minimum atomic E-state index is -0.00522. The number of unbranched alkanes of at least 4 members (excludes halogenated alkanes) is 2.